The average molecular weight is 666 g/mol. The van der Waals surface area contributed by atoms with E-state index in [0.29, 0.717) is 25.4 Å². The van der Waals surface area contributed by atoms with Gasteiger partial charge in [0.05, 0.1) is 18.4 Å². The van der Waals surface area contributed by atoms with Crippen LogP contribution in [0.3, 0.4) is 0 Å². The van der Waals surface area contributed by atoms with Gasteiger partial charge in [-0.2, -0.15) is 0 Å². The molecule has 254 valence electrons. The molecule has 0 aliphatic carbocycles. The number of hydrogen-bond acceptors (Lipinski definition) is 6. The van der Waals surface area contributed by atoms with Gasteiger partial charge >= 0.3 is 0 Å². The van der Waals surface area contributed by atoms with Crippen molar-refractivity contribution in [3.8, 4) is 22.8 Å². The van der Waals surface area contributed by atoms with E-state index < -0.39 is 0 Å². The molecule has 0 bridgehead atoms. The third-order valence-corrected chi connectivity index (χ3v) is 8.95. The number of allylic oxidation sites excluding steroid dienone is 1. The molecule has 4 aromatic carbocycles. The van der Waals surface area contributed by atoms with Crippen LogP contribution in [0, 0.1) is 6.92 Å². The Labute approximate surface area is 293 Å². The Hall–Kier alpha value is -5.73. The first-order valence-electron chi connectivity index (χ1n) is 17.0. The highest BCUT2D eigenvalue weighted by Crippen LogP contribution is 2.35. The lowest BCUT2D eigenvalue weighted by Crippen LogP contribution is -2.23. The maximum atomic E-state index is 11.6. The monoisotopic (exact) mass is 665 g/mol. The fraction of sp³-hybridized carbons (Fsp3) is 0.214. The predicted molar refractivity (Wildman–Crippen MR) is 200 cm³/mol. The van der Waals surface area contributed by atoms with Crippen LogP contribution in [0.1, 0.15) is 41.3 Å². The molecule has 0 aliphatic rings. The highest BCUT2D eigenvalue weighted by molar-refractivity contribution is 5.98. The first kappa shape index (κ1) is 34.1. The number of rotatable bonds is 14. The topological polar surface area (TPSA) is 85.4 Å². The normalized spacial score (nSPS) is 11.8. The van der Waals surface area contributed by atoms with Crippen molar-refractivity contribution in [2.24, 2.45) is 0 Å². The second kappa shape index (κ2) is 16.1. The van der Waals surface area contributed by atoms with E-state index in [1.165, 1.54) is 39.5 Å². The molecule has 0 saturated heterocycles. The fourth-order valence-electron chi connectivity index (χ4n) is 6.15. The first-order chi connectivity index (χ1) is 24.4. The van der Waals surface area contributed by atoms with Gasteiger partial charge in [0.25, 0.3) is 0 Å². The van der Waals surface area contributed by atoms with Gasteiger partial charge in [0, 0.05) is 37.5 Å². The van der Waals surface area contributed by atoms with Crippen molar-refractivity contribution in [3.63, 3.8) is 0 Å². The first-order valence-corrected chi connectivity index (χ1v) is 17.0. The second-order valence-electron chi connectivity index (χ2n) is 12.4. The number of aromatic nitrogens is 4. The van der Waals surface area contributed by atoms with Crippen LogP contribution in [0.2, 0.25) is 0 Å². The molecule has 1 N–H and O–H groups in total. The van der Waals surface area contributed by atoms with Crippen molar-refractivity contribution < 1.29 is 9.84 Å². The number of pyridine rings is 1. The molecule has 8 nitrogen and oxygen atoms in total. The molecule has 8 heteroatoms. The van der Waals surface area contributed by atoms with Gasteiger partial charge in [0.1, 0.15) is 18.1 Å². The number of ether oxygens (including phenoxy) is 1. The SMILES string of the molecule is CC/C(=C(\c1ccccc1)c1ccc(OCCN(C)Cc2ccc(-c3cn(CCn4ccc(=O)c(O)c4C)nn3)cc2)cc1)c1ccccc1. The molecule has 50 heavy (non-hydrogen) atoms. The lowest BCUT2D eigenvalue weighted by Gasteiger charge is -2.18. The van der Waals surface area contributed by atoms with Gasteiger partial charge < -0.3 is 14.4 Å². The van der Waals surface area contributed by atoms with Crippen LogP contribution in [0.15, 0.2) is 132 Å². The average Bonchev–Trinajstić information content (AvgIpc) is 3.63. The van der Waals surface area contributed by atoms with E-state index in [0.717, 1.165) is 36.5 Å². The van der Waals surface area contributed by atoms with E-state index in [1.54, 1.807) is 17.8 Å². The number of nitrogens with zero attached hydrogens (tertiary/aromatic N) is 5. The van der Waals surface area contributed by atoms with Gasteiger partial charge in [-0.1, -0.05) is 109 Å². The molecule has 2 heterocycles. The number of hydrogen-bond donors (Lipinski definition) is 1. The maximum absolute atomic E-state index is 11.6. The molecule has 0 radical (unpaired) electrons. The van der Waals surface area contributed by atoms with Crippen LogP contribution in [0.4, 0.5) is 0 Å². The maximum Gasteiger partial charge on any atom is 0.223 e. The van der Waals surface area contributed by atoms with E-state index in [1.807, 2.05) is 10.8 Å². The highest BCUT2D eigenvalue weighted by Gasteiger charge is 2.13. The minimum atomic E-state index is -0.373. The number of likely N-dealkylation sites (N-methyl/N-ethyl adjacent to an activating group) is 1. The van der Waals surface area contributed by atoms with Gasteiger partial charge in [0.2, 0.25) is 5.43 Å². The predicted octanol–water partition coefficient (Wildman–Crippen LogP) is 7.70. The highest BCUT2D eigenvalue weighted by atomic mass is 16.5. The largest absolute Gasteiger partial charge is 0.503 e. The molecular formula is C42H43N5O3. The lowest BCUT2D eigenvalue weighted by atomic mass is 9.88. The second-order valence-corrected chi connectivity index (χ2v) is 12.4. The quantitative estimate of drug-likeness (QED) is 0.120. The van der Waals surface area contributed by atoms with Crippen molar-refractivity contribution in [2.45, 2.75) is 39.9 Å². The Morgan fingerprint density at radius 1 is 0.820 bits per heavy atom. The third kappa shape index (κ3) is 8.28. The van der Waals surface area contributed by atoms with E-state index in [2.05, 4.69) is 138 Å². The van der Waals surface area contributed by atoms with Crippen molar-refractivity contribution in [3.05, 3.63) is 166 Å². The summed E-state index contributed by atoms with van der Waals surface area (Å²) < 4.78 is 9.77. The van der Waals surface area contributed by atoms with Gasteiger partial charge in [-0.3, -0.25) is 14.4 Å². The zero-order chi connectivity index (χ0) is 34.9. The van der Waals surface area contributed by atoms with Crippen molar-refractivity contribution in [1.29, 1.82) is 0 Å². The smallest absolute Gasteiger partial charge is 0.223 e. The van der Waals surface area contributed by atoms with Gasteiger partial charge in [-0.05, 0) is 65.9 Å². The summed E-state index contributed by atoms with van der Waals surface area (Å²) in [4.78, 5) is 13.9. The van der Waals surface area contributed by atoms with Gasteiger partial charge in [-0.15, -0.1) is 5.10 Å². The molecule has 0 unspecified atom stereocenters. The Morgan fingerprint density at radius 3 is 2.16 bits per heavy atom. The van der Waals surface area contributed by atoms with Gasteiger partial charge in [-0.25, -0.2) is 0 Å². The summed E-state index contributed by atoms with van der Waals surface area (Å²) in [6.07, 6.45) is 4.52. The summed E-state index contributed by atoms with van der Waals surface area (Å²) in [5.41, 5.74) is 9.35. The minimum absolute atomic E-state index is 0.217. The summed E-state index contributed by atoms with van der Waals surface area (Å²) in [6, 6.07) is 39.5. The van der Waals surface area contributed by atoms with Crippen LogP contribution < -0.4 is 10.2 Å². The molecule has 2 aromatic heterocycles. The summed E-state index contributed by atoms with van der Waals surface area (Å²) in [7, 11) is 2.10. The molecule has 6 rings (SSSR count). The Kier molecular flexibility index (Phi) is 11.0. The van der Waals surface area contributed by atoms with Crippen molar-refractivity contribution >= 4 is 11.1 Å². The van der Waals surface area contributed by atoms with Gasteiger partial charge in [0.15, 0.2) is 5.75 Å². The molecule has 0 fully saturated rings. The molecular weight excluding hydrogens is 622 g/mol. The van der Waals surface area contributed by atoms with E-state index in [4.69, 9.17) is 4.74 Å². The summed E-state index contributed by atoms with van der Waals surface area (Å²) in [6.45, 7) is 7.23. The lowest BCUT2D eigenvalue weighted by molar-refractivity contribution is 0.233. The van der Waals surface area contributed by atoms with Crippen LogP contribution in [-0.4, -0.2) is 49.8 Å². The summed E-state index contributed by atoms with van der Waals surface area (Å²) in [5.74, 6) is 0.642. The van der Waals surface area contributed by atoms with Crippen molar-refractivity contribution in [1.82, 2.24) is 24.5 Å². The number of aryl methyl sites for hydroxylation is 2. The van der Waals surface area contributed by atoms with E-state index >= 15 is 0 Å². The zero-order valence-corrected chi connectivity index (χ0v) is 28.9. The Bertz CT molecular complexity index is 2080. The molecule has 6 aromatic rings. The van der Waals surface area contributed by atoms with Crippen LogP contribution in [0.25, 0.3) is 22.4 Å². The standard InChI is InChI=1S/C42H43N5O3/c1-4-38(33-11-7-5-8-12-33)41(35-13-9-6-10-14-35)36-19-21-37(22-20-36)50-28-27-45(3)29-32-15-17-34(18-16-32)39-30-47(44-43-39)26-25-46-24-23-40(48)42(49)31(46)2/h5-24,30,49H,4,25-29H2,1-3H3/b41-38-. The van der Waals surface area contributed by atoms with Crippen LogP contribution >= 0.6 is 0 Å². The van der Waals surface area contributed by atoms with E-state index in [9.17, 15) is 9.90 Å². The minimum Gasteiger partial charge on any atom is -0.503 e. The number of aromatic hydroxyl groups is 1. The molecule has 0 spiro atoms. The Morgan fingerprint density at radius 2 is 1.48 bits per heavy atom. The summed E-state index contributed by atoms with van der Waals surface area (Å²) in [5, 5.41) is 18.5. The summed E-state index contributed by atoms with van der Waals surface area (Å²) >= 11 is 0. The van der Waals surface area contributed by atoms with Crippen LogP contribution in [-0.2, 0) is 19.6 Å². The molecule has 0 aliphatic heterocycles. The van der Waals surface area contributed by atoms with Crippen molar-refractivity contribution in [2.75, 3.05) is 20.2 Å². The molecule has 0 saturated carbocycles. The molecule has 0 amide bonds. The molecule has 0 atom stereocenters. The Balaban J connectivity index is 1.02. The fourth-order valence-corrected chi connectivity index (χ4v) is 6.15. The number of benzene rings is 4. The van der Waals surface area contributed by atoms with Crippen LogP contribution in [0.5, 0.6) is 11.5 Å². The third-order valence-electron chi connectivity index (χ3n) is 8.95. The van der Waals surface area contributed by atoms with E-state index in [-0.39, 0.29) is 11.2 Å². The zero-order valence-electron chi connectivity index (χ0n) is 28.9.